The van der Waals surface area contributed by atoms with Crippen LogP contribution >= 0.6 is 0 Å². The van der Waals surface area contributed by atoms with Crippen molar-refractivity contribution in [2.75, 3.05) is 6.61 Å². The summed E-state index contributed by atoms with van der Waals surface area (Å²) in [7, 11) is 0. The minimum Gasteiger partial charge on any atom is -0.300 e. The Morgan fingerprint density at radius 2 is 1.75 bits per heavy atom. The Balaban J connectivity index is 3.20. The number of Topliss-reactive ketones (excluding diaryl/α,β-unsaturated/α-hetero) is 1. The van der Waals surface area contributed by atoms with Crippen LogP contribution in [0.2, 0.25) is 0 Å². The van der Waals surface area contributed by atoms with Crippen molar-refractivity contribution in [1.29, 1.82) is 0 Å². The molecule has 0 saturated heterocycles. The van der Waals surface area contributed by atoms with Crippen LogP contribution < -0.4 is 0 Å². The van der Waals surface area contributed by atoms with Gasteiger partial charge in [0.25, 0.3) is 0 Å². The Morgan fingerprint density at radius 3 is 2.25 bits per heavy atom. The van der Waals surface area contributed by atoms with E-state index in [1.165, 1.54) is 0 Å². The van der Waals surface area contributed by atoms with Gasteiger partial charge in [-0.25, -0.2) is 5.11 Å². The second-order valence-electron chi connectivity index (χ2n) is 3.63. The van der Waals surface area contributed by atoms with Gasteiger partial charge in [-0.05, 0) is 18.8 Å². The number of ketones is 1. The smallest absolute Gasteiger partial charge is 0.133 e. The molecule has 0 aliphatic heterocycles. The van der Waals surface area contributed by atoms with E-state index in [0.717, 1.165) is 12.8 Å². The van der Waals surface area contributed by atoms with Gasteiger partial charge in [-0.3, -0.25) is 4.79 Å². The number of hydrogen-bond acceptors (Lipinski definition) is 1. The highest BCUT2D eigenvalue weighted by Gasteiger charge is 2.02. The van der Waals surface area contributed by atoms with E-state index in [0.29, 0.717) is 25.2 Å². The molecule has 12 heavy (non-hydrogen) atoms. The molecule has 0 unspecified atom stereocenters. The summed E-state index contributed by atoms with van der Waals surface area (Å²) in [6, 6.07) is 0. The molecule has 0 heterocycles. The monoisotopic (exact) mass is 171 g/mol. The Morgan fingerprint density at radius 1 is 1.17 bits per heavy atom. The van der Waals surface area contributed by atoms with Crippen molar-refractivity contribution < 1.29 is 9.90 Å². The number of carbonyl (C=O) groups excluding carboxylic acids is 1. The highest BCUT2D eigenvalue weighted by molar-refractivity contribution is 5.78. The third kappa shape index (κ3) is 7.73. The summed E-state index contributed by atoms with van der Waals surface area (Å²) in [4.78, 5) is 11.0. The average Bonchev–Trinajstić information content (AvgIpc) is 2.00. The zero-order valence-corrected chi connectivity index (χ0v) is 8.14. The fourth-order valence-corrected chi connectivity index (χ4v) is 1.10. The van der Waals surface area contributed by atoms with Gasteiger partial charge in [-0.2, -0.15) is 0 Å². The quantitative estimate of drug-likeness (QED) is 0.580. The van der Waals surface area contributed by atoms with Gasteiger partial charge in [0.05, 0.1) is 6.61 Å². The van der Waals surface area contributed by atoms with Crippen LogP contribution in [0.4, 0.5) is 0 Å². The molecular weight excluding hydrogens is 152 g/mol. The summed E-state index contributed by atoms with van der Waals surface area (Å²) in [5, 5.41) is 10.1. The van der Waals surface area contributed by atoms with E-state index in [9.17, 15) is 9.90 Å². The van der Waals surface area contributed by atoms with Gasteiger partial charge in [0, 0.05) is 12.8 Å². The van der Waals surface area contributed by atoms with Crippen molar-refractivity contribution in [3.05, 3.63) is 0 Å². The first-order valence-electron chi connectivity index (χ1n) is 4.76. The summed E-state index contributed by atoms with van der Waals surface area (Å²) in [5.74, 6) is 0.934. The van der Waals surface area contributed by atoms with Crippen LogP contribution in [0.5, 0.6) is 0 Å². The molecule has 2 heteroatoms. The minimum absolute atomic E-state index is 0.115. The van der Waals surface area contributed by atoms with Gasteiger partial charge >= 0.3 is 0 Å². The molecule has 0 aromatic rings. The molecule has 1 radical (unpaired) electrons. The highest BCUT2D eigenvalue weighted by Crippen LogP contribution is 2.07. The molecule has 0 aliphatic rings. The van der Waals surface area contributed by atoms with Crippen molar-refractivity contribution in [2.24, 2.45) is 5.92 Å². The fraction of sp³-hybridized carbons (Fsp3) is 0.900. The zero-order valence-electron chi connectivity index (χ0n) is 8.14. The first-order chi connectivity index (χ1) is 5.66. The van der Waals surface area contributed by atoms with E-state index >= 15 is 0 Å². The fourth-order valence-electron chi connectivity index (χ4n) is 1.10. The lowest BCUT2D eigenvalue weighted by Gasteiger charge is -2.02. The Hall–Kier alpha value is -0.370. The number of carbonyl (C=O) groups is 1. The summed E-state index contributed by atoms with van der Waals surface area (Å²) < 4.78 is 0. The van der Waals surface area contributed by atoms with Crippen LogP contribution in [0.25, 0.3) is 0 Å². The molecule has 0 aromatic carbocycles. The molecule has 0 N–H and O–H groups in total. The third-order valence-electron chi connectivity index (χ3n) is 1.84. The van der Waals surface area contributed by atoms with Gasteiger partial charge in [0.15, 0.2) is 0 Å². The lowest BCUT2D eigenvalue weighted by molar-refractivity contribution is -0.119. The summed E-state index contributed by atoms with van der Waals surface area (Å²) in [6.45, 7) is 4.19. The molecular formula is C10H19O2. The van der Waals surface area contributed by atoms with E-state index in [4.69, 9.17) is 0 Å². The Bertz CT molecular complexity index is 119. The lowest BCUT2D eigenvalue weighted by Crippen LogP contribution is -1.99. The highest BCUT2D eigenvalue weighted by atomic mass is 16.3. The Labute approximate surface area is 75.0 Å². The number of hydrogen-bond donors (Lipinski definition) is 0. The van der Waals surface area contributed by atoms with Crippen molar-refractivity contribution in [3.63, 3.8) is 0 Å². The van der Waals surface area contributed by atoms with Crippen molar-refractivity contribution in [3.8, 4) is 0 Å². The largest absolute Gasteiger partial charge is 0.300 e. The Kier molecular flexibility index (Phi) is 7.06. The van der Waals surface area contributed by atoms with Crippen LogP contribution in [0, 0.1) is 5.92 Å². The van der Waals surface area contributed by atoms with E-state index in [-0.39, 0.29) is 12.4 Å². The van der Waals surface area contributed by atoms with Gasteiger partial charge in [-0.15, -0.1) is 0 Å². The predicted octanol–water partition coefficient (Wildman–Crippen LogP) is 2.59. The molecule has 0 fully saturated rings. The van der Waals surface area contributed by atoms with Crippen LogP contribution in [0.1, 0.15) is 46.0 Å². The number of rotatable bonds is 7. The second kappa shape index (κ2) is 7.29. The first-order valence-corrected chi connectivity index (χ1v) is 4.76. The van der Waals surface area contributed by atoms with Crippen molar-refractivity contribution in [2.45, 2.75) is 46.0 Å². The average molecular weight is 171 g/mol. The first kappa shape index (κ1) is 11.6. The zero-order chi connectivity index (χ0) is 9.40. The van der Waals surface area contributed by atoms with Crippen molar-refractivity contribution >= 4 is 5.78 Å². The standard InChI is InChI=1S/C10H19O2/c1-9(2)5-3-6-10(12)7-4-8-11/h9H,3-8H2,1-2H3. The molecule has 0 saturated carbocycles. The van der Waals surface area contributed by atoms with E-state index in [1.807, 2.05) is 0 Å². The molecule has 0 aliphatic carbocycles. The van der Waals surface area contributed by atoms with Gasteiger partial charge in [0.2, 0.25) is 0 Å². The molecule has 0 aromatic heterocycles. The summed E-state index contributed by atoms with van der Waals surface area (Å²) >= 11 is 0. The topological polar surface area (TPSA) is 37.0 Å². The SMILES string of the molecule is CC(C)CCCC(=O)CCC[O]. The third-order valence-corrected chi connectivity index (χ3v) is 1.84. The maximum Gasteiger partial charge on any atom is 0.133 e. The summed E-state index contributed by atoms with van der Waals surface area (Å²) in [6.07, 6.45) is 3.76. The van der Waals surface area contributed by atoms with Crippen LogP contribution in [-0.4, -0.2) is 12.4 Å². The van der Waals surface area contributed by atoms with Gasteiger partial charge < -0.3 is 0 Å². The van der Waals surface area contributed by atoms with Crippen molar-refractivity contribution in [1.82, 2.24) is 0 Å². The molecule has 0 rings (SSSR count). The van der Waals surface area contributed by atoms with E-state index in [2.05, 4.69) is 13.8 Å². The predicted molar refractivity (Wildman–Crippen MR) is 48.5 cm³/mol. The van der Waals surface area contributed by atoms with Crippen LogP contribution in [0.3, 0.4) is 0 Å². The molecule has 71 valence electrons. The second-order valence-corrected chi connectivity index (χ2v) is 3.63. The van der Waals surface area contributed by atoms with E-state index < -0.39 is 0 Å². The van der Waals surface area contributed by atoms with Gasteiger partial charge in [0.1, 0.15) is 5.78 Å². The van der Waals surface area contributed by atoms with Gasteiger partial charge in [-0.1, -0.05) is 20.3 Å². The lowest BCUT2D eigenvalue weighted by atomic mass is 10.0. The maximum absolute atomic E-state index is 11.0. The molecule has 2 nitrogen and oxygen atoms in total. The summed E-state index contributed by atoms with van der Waals surface area (Å²) in [5.41, 5.74) is 0. The van der Waals surface area contributed by atoms with Crippen LogP contribution in [-0.2, 0) is 9.90 Å². The maximum atomic E-state index is 11.0. The molecule has 0 atom stereocenters. The van der Waals surface area contributed by atoms with Crippen LogP contribution in [0.15, 0.2) is 0 Å². The molecule has 0 spiro atoms. The normalized spacial score (nSPS) is 10.7. The molecule has 0 bridgehead atoms. The molecule has 0 amide bonds. The minimum atomic E-state index is -0.115. The van der Waals surface area contributed by atoms with E-state index in [1.54, 1.807) is 0 Å².